The summed E-state index contributed by atoms with van der Waals surface area (Å²) in [6.07, 6.45) is 10.5. The van der Waals surface area contributed by atoms with Crippen LogP contribution in [0.2, 0.25) is 0 Å². The first kappa shape index (κ1) is 13.9. The number of unbranched alkanes of at least 4 members (excludes halogenated alkanes) is 2. The van der Waals surface area contributed by atoms with Gasteiger partial charge in [-0.2, -0.15) is 0 Å². The Labute approximate surface area is 92.7 Å². The van der Waals surface area contributed by atoms with E-state index < -0.39 is 0 Å². The summed E-state index contributed by atoms with van der Waals surface area (Å²) in [6.45, 7) is 5.74. The second kappa shape index (κ2) is 12.9. The van der Waals surface area contributed by atoms with Gasteiger partial charge >= 0.3 is 0 Å². The topological polar surface area (TPSA) is 27.7 Å². The zero-order valence-corrected chi connectivity index (χ0v) is 9.78. The fourth-order valence-electron chi connectivity index (χ4n) is 0.780. The highest BCUT2D eigenvalue weighted by atomic mass is 16.5. The van der Waals surface area contributed by atoms with E-state index in [0.29, 0.717) is 0 Å². The summed E-state index contributed by atoms with van der Waals surface area (Å²) >= 11 is 0. The molecular weight excluding hydrogens is 192 g/mol. The smallest absolute Gasteiger partial charge is 0.125 e. The maximum Gasteiger partial charge on any atom is 0.125 e. The Morgan fingerprint density at radius 2 is 1.20 bits per heavy atom. The van der Waals surface area contributed by atoms with Gasteiger partial charge in [0.15, 0.2) is 0 Å². The Morgan fingerprint density at radius 1 is 0.733 bits per heavy atom. The number of hydrogen-bond donors (Lipinski definition) is 0. The molecular formula is C12H22O3. The molecule has 0 atom stereocenters. The molecule has 0 aromatic rings. The van der Waals surface area contributed by atoms with Crippen molar-refractivity contribution in [2.75, 3.05) is 13.2 Å². The molecule has 15 heavy (non-hydrogen) atoms. The van der Waals surface area contributed by atoms with Gasteiger partial charge in [-0.25, -0.2) is 0 Å². The van der Waals surface area contributed by atoms with E-state index in [9.17, 15) is 0 Å². The fraction of sp³-hybridized carbons (Fsp3) is 0.667. The van der Waals surface area contributed by atoms with Gasteiger partial charge in [0.05, 0.1) is 13.2 Å². The molecule has 0 radical (unpaired) electrons. The van der Waals surface area contributed by atoms with Gasteiger partial charge in [-0.1, -0.05) is 26.7 Å². The van der Waals surface area contributed by atoms with E-state index in [4.69, 9.17) is 14.2 Å². The minimum Gasteiger partial charge on any atom is -0.498 e. The van der Waals surface area contributed by atoms with Crippen LogP contribution in [0, 0.1) is 0 Å². The van der Waals surface area contributed by atoms with Crippen molar-refractivity contribution in [1.29, 1.82) is 0 Å². The maximum absolute atomic E-state index is 5.14. The fourth-order valence-corrected chi connectivity index (χ4v) is 0.780. The van der Waals surface area contributed by atoms with Gasteiger partial charge in [-0.15, -0.1) is 0 Å². The molecule has 0 unspecified atom stereocenters. The summed E-state index contributed by atoms with van der Waals surface area (Å²) in [4.78, 5) is 0. The van der Waals surface area contributed by atoms with E-state index in [1.54, 1.807) is 12.5 Å². The first-order chi connectivity index (χ1) is 7.41. The largest absolute Gasteiger partial charge is 0.498 e. The minimum absolute atomic E-state index is 0.743. The van der Waals surface area contributed by atoms with Crippen LogP contribution in [0.5, 0.6) is 0 Å². The van der Waals surface area contributed by atoms with Crippen LogP contribution in [-0.2, 0) is 14.2 Å². The zero-order valence-electron chi connectivity index (χ0n) is 9.78. The van der Waals surface area contributed by atoms with E-state index in [-0.39, 0.29) is 0 Å². The lowest BCUT2D eigenvalue weighted by Gasteiger charge is -1.98. The lowest BCUT2D eigenvalue weighted by Crippen LogP contribution is -1.86. The Balaban J connectivity index is 3.14. The van der Waals surface area contributed by atoms with E-state index in [1.807, 2.05) is 0 Å². The molecule has 0 aromatic heterocycles. The molecule has 0 aliphatic heterocycles. The molecule has 0 N–H and O–H groups in total. The van der Waals surface area contributed by atoms with Crippen molar-refractivity contribution in [3.8, 4) is 0 Å². The van der Waals surface area contributed by atoms with Crippen LogP contribution in [0.25, 0.3) is 0 Å². The summed E-state index contributed by atoms with van der Waals surface area (Å²) in [5, 5.41) is 0. The normalized spacial score (nSPS) is 11.1. The molecule has 0 heterocycles. The average Bonchev–Trinajstić information content (AvgIpc) is 2.26. The lowest BCUT2D eigenvalue weighted by atomic mass is 10.4. The molecule has 88 valence electrons. The van der Waals surface area contributed by atoms with Gasteiger partial charge in [-0.05, 0) is 12.8 Å². The van der Waals surface area contributed by atoms with Crippen molar-refractivity contribution in [1.82, 2.24) is 0 Å². The molecule has 0 aliphatic carbocycles. The van der Waals surface area contributed by atoms with Gasteiger partial charge in [-0.3, -0.25) is 0 Å². The van der Waals surface area contributed by atoms with Crippen molar-refractivity contribution in [3.63, 3.8) is 0 Å². The molecule has 0 spiro atoms. The summed E-state index contributed by atoms with van der Waals surface area (Å²) in [5.41, 5.74) is 0. The van der Waals surface area contributed by atoms with Crippen LogP contribution in [0.15, 0.2) is 25.0 Å². The third-order valence-corrected chi connectivity index (χ3v) is 1.69. The average molecular weight is 214 g/mol. The van der Waals surface area contributed by atoms with Crippen LogP contribution < -0.4 is 0 Å². The van der Waals surface area contributed by atoms with Gasteiger partial charge < -0.3 is 14.2 Å². The maximum atomic E-state index is 5.14. The molecule has 0 saturated carbocycles. The van der Waals surface area contributed by atoms with Crippen molar-refractivity contribution >= 4 is 0 Å². The third-order valence-electron chi connectivity index (χ3n) is 1.69. The quantitative estimate of drug-likeness (QED) is 0.411. The number of rotatable bonds is 10. The molecule has 0 aliphatic rings. The van der Waals surface area contributed by atoms with Crippen molar-refractivity contribution in [2.24, 2.45) is 0 Å². The van der Waals surface area contributed by atoms with Crippen LogP contribution in [0.1, 0.15) is 39.5 Å². The predicted octanol–water partition coefficient (Wildman–Crippen LogP) is 3.58. The van der Waals surface area contributed by atoms with Gasteiger partial charge in [0.2, 0.25) is 0 Å². The van der Waals surface area contributed by atoms with E-state index in [0.717, 1.165) is 38.9 Å². The monoisotopic (exact) mass is 214 g/mol. The van der Waals surface area contributed by atoms with E-state index in [1.165, 1.54) is 12.5 Å². The first-order valence-corrected chi connectivity index (χ1v) is 5.60. The molecule has 3 heteroatoms. The van der Waals surface area contributed by atoms with Crippen molar-refractivity contribution < 1.29 is 14.2 Å². The Bertz CT molecular complexity index is 146. The summed E-state index contributed by atoms with van der Waals surface area (Å²) in [5.74, 6) is 0. The standard InChI is InChI=1S/C12H22O3/c1-3-5-7-13-9-11-15-12-10-14-8-6-4-2/h9-12H,3-8H2,1-2H3. The zero-order chi connectivity index (χ0) is 11.2. The Kier molecular flexibility index (Phi) is 11.9. The van der Waals surface area contributed by atoms with Gasteiger partial charge in [0.25, 0.3) is 0 Å². The SMILES string of the molecule is CCCCOC=COC=COCCCC. The highest BCUT2D eigenvalue weighted by Crippen LogP contribution is 1.91. The molecule has 0 amide bonds. The van der Waals surface area contributed by atoms with Crippen LogP contribution in [-0.4, -0.2) is 13.2 Å². The highest BCUT2D eigenvalue weighted by Gasteiger charge is 1.80. The molecule has 0 aromatic carbocycles. The van der Waals surface area contributed by atoms with Crippen LogP contribution in [0.4, 0.5) is 0 Å². The summed E-state index contributed by atoms with van der Waals surface area (Å²) in [6, 6.07) is 0. The first-order valence-electron chi connectivity index (χ1n) is 5.60. The second-order valence-electron chi connectivity index (χ2n) is 3.13. The third kappa shape index (κ3) is 12.9. The lowest BCUT2D eigenvalue weighted by molar-refractivity contribution is 0.218. The Hall–Kier alpha value is -1.12. The van der Waals surface area contributed by atoms with E-state index >= 15 is 0 Å². The minimum atomic E-state index is 0.743. The number of ether oxygens (including phenoxy) is 3. The summed E-state index contributed by atoms with van der Waals surface area (Å²) < 4.78 is 15.3. The van der Waals surface area contributed by atoms with Crippen molar-refractivity contribution in [3.05, 3.63) is 25.0 Å². The Morgan fingerprint density at radius 3 is 1.60 bits per heavy atom. The van der Waals surface area contributed by atoms with Gasteiger partial charge in [0, 0.05) is 0 Å². The number of hydrogen-bond acceptors (Lipinski definition) is 3. The molecule has 3 nitrogen and oxygen atoms in total. The van der Waals surface area contributed by atoms with Crippen molar-refractivity contribution in [2.45, 2.75) is 39.5 Å². The van der Waals surface area contributed by atoms with Gasteiger partial charge in [0.1, 0.15) is 25.0 Å². The molecule has 0 bridgehead atoms. The van der Waals surface area contributed by atoms with E-state index in [2.05, 4.69) is 13.8 Å². The summed E-state index contributed by atoms with van der Waals surface area (Å²) in [7, 11) is 0. The predicted molar refractivity (Wildman–Crippen MR) is 61.1 cm³/mol. The second-order valence-corrected chi connectivity index (χ2v) is 3.13. The molecule has 0 saturated heterocycles. The molecule has 0 fully saturated rings. The highest BCUT2D eigenvalue weighted by molar-refractivity contribution is 4.69. The molecule has 0 rings (SSSR count). The van der Waals surface area contributed by atoms with Crippen LogP contribution >= 0.6 is 0 Å². The van der Waals surface area contributed by atoms with Crippen LogP contribution in [0.3, 0.4) is 0 Å².